The van der Waals surface area contributed by atoms with E-state index in [1.807, 2.05) is 6.92 Å². The fourth-order valence-corrected chi connectivity index (χ4v) is 1.03. The van der Waals surface area contributed by atoms with Crippen LogP contribution in [-0.2, 0) is 0 Å². The Morgan fingerprint density at radius 1 is 1.83 bits per heavy atom. The molecule has 0 aliphatic heterocycles. The molecule has 0 spiro atoms. The van der Waals surface area contributed by atoms with Gasteiger partial charge < -0.3 is 5.73 Å². The van der Waals surface area contributed by atoms with Gasteiger partial charge in [0.2, 0.25) is 0 Å². The molecule has 5 heteroatoms. The van der Waals surface area contributed by atoms with Gasteiger partial charge in [-0.05, 0) is 6.92 Å². The molecule has 1 rings (SSSR count). The predicted molar refractivity (Wildman–Crippen MR) is 47.9 cm³/mol. The summed E-state index contributed by atoms with van der Waals surface area (Å²) in [5.74, 6) is 5.84. The molecule has 0 aliphatic carbocycles. The van der Waals surface area contributed by atoms with E-state index in [1.165, 1.54) is 0 Å². The van der Waals surface area contributed by atoms with Gasteiger partial charge in [0, 0.05) is 5.56 Å². The third-order valence-corrected chi connectivity index (χ3v) is 1.67. The van der Waals surface area contributed by atoms with Gasteiger partial charge in [-0.2, -0.15) is 5.10 Å². The van der Waals surface area contributed by atoms with E-state index in [0.717, 1.165) is 11.1 Å². The fraction of sp³-hybridized carbons (Fsp3) is 0.286. The minimum Gasteiger partial charge on any atom is -0.384 e. The van der Waals surface area contributed by atoms with Gasteiger partial charge in [0.05, 0.1) is 12.2 Å². The number of aromatic nitrogens is 2. The molecule has 0 bridgehead atoms. The van der Waals surface area contributed by atoms with Crippen molar-refractivity contribution in [3.05, 3.63) is 23.9 Å². The van der Waals surface area contributed by atoms with Crippen LogP contribution in [-0.4, -0.2) is 10.2 Å². The Kier molecular flexibility index (Phi) is 2.47. The zero-order valence-corrected chi connectivity index (χ0v) is 6.96. The van der Waals surface area contributed by atoms with Crippen molar-refractivity contribution >= 4 is 5.82 Å². The highest BCUT2D eigenvalue weighted by atomic mass is 15.2. The molecule has 0 saturated heterocycles. The Balaban J connectivity index is 2.94. The number of anilines is 1. The molecule has 12 heavy (non-hydrogen) atoms. The van der Waals surface area contributed by atoms with E-state index in [2.05, 4.69) is 22.2 Å². The Bertz CT molecular complexity index is 277. The molecule has 66 valence electrons. The normalized spacial score (nSPS) is 12.8. The van der Waals surface area contributed by atoms with Crippen LogP contribution >= 0.6 is 0 Å². The number of nitrogens with two attached hydrogens (primary N) is 2. The molecule has 0 aliphatic rings. The van der Waals surface area contributed by atoms with Crippen LogP contribution in [0.4, 0.5) is 5.82 Å². The molecule has 1 heterocycles. The maximum Gasteiger partial charge on any atom is 0.123 e. The maximum atomic E-state index is 5.60. The van der Waals surface area contributed by atoms with E-state index < -0.39 is 0 Å². The highest BCUT2D eigenvalue weighted by Gasteiger charge is 2.14. The van der Waals surface area contributed by atoms with E-state index in [-0.39, 0.29) is 6.04 Å². The molecular formula is C7H13N5. The van der Waals surface area contributed by atoms with Crippen LogP contribution in [0.5, 0.6) is 0 Å². The number of hydrazine groups is 1. The molecule has 0 saturated carbocycles. The van der Waals surface area contributed by atoms with Gasteiger partial charge in [-0.25, -0.2) is 5.43 Å². The third-order valence-electron chi connectivity index (χ3n) is 1.67. The molecule has 0 fully saturated rings. The van der Waals surface area contributed by atoms with Crippen molar-refractivity contribution in [2.24, 2.45) is 5.84 Å². The summed E-state index contributed by atoms with van der Waals surface area (Å²) in [6, 6.07) is -0.135. The van der Waals surface area contributed by atoms with Gasteiger partial charge in [0.1, 0.15) is 5.82 Å². The average molecular weight is 167 g/mol. The highest BCUT2D eigenvalue weighted by Crippen LogP contribution is 2.22. The SMILES string of the molecule is C=C(C)C(NN)c1cn[nH]c1N. The van der Waals surface area contributed by atoms with Gasteiger partial charge >= 0.3 is 0 Å². The summed E-state index contributed by atoms with van der Waals surface area (Å²) in [4.78, 5) is 0. The van der Waals surface area contributed by atoms with E-state index in [4.69, 9.17) is 11.6 Å². The van der Waals surface area contributed by atoms with Gasteiger partial charge in [0.15, 0.2) is 0 Å². The quantitative estimate of drug-likeness (QED) is 0.291. The van der Waals surface area contributed by atoms with Crippen LogP contribution in [0.25, 0.3) is 0 Å². The molecule has 0 aromatic carbocycles. The number of rotatable bonds is 3. The van der Waals surface area contributed by atoms with Crippen LogP contribution < -0.4 is 17.0 Å². The largest absolute Gasteiger partial charge is 0.384 e. The second kappa shape index (κ2) is 3.38. The number of nitrogen functional groups attached to an aromatic ring is 1. The number of aromatic amines is 1. The number of hydrogen-bond acceptors (Lipinski definition) is 4. The third kappa shape index (κ3) is 1.46. The Hall–Kier alpha value is -1.33. The first-order chi connectivity index (χ1) is 5.66. The molecule has 1 atom stereocenters. The van der Waals surface area contributed by atoms with Crippen LogP contribution in [0.2, 0.25) is 0 Å². The zero-order valence-electron chi connectivity index (χ0n) is 6.96. The smallest absolute Gasteiger partial charge is 0.123 e. The van der Waals surface area contributed by atoms with Gasteiger partial charge in [0.25, 0.3) is 0 Å². The van der Waals surface area contributed by atoms with Crippen molar-refractivity contribution in [3.63, 3.8) is 0 Å². The van der Waals surface area contributed by atoms with Crippen molar-refractivity contribution in [2.75, 3.05) is 5.73 Å². The second-order valence-corrected chi connectivity index (χ2v) is 2.69. The number of nitrogens with one attached hydrogen (secondary N) is 2. The lowest BCUT2D eigenvalue weighted by atomic mass is 10.1. The summed E-state index contributed by atoms with van der Waals surface area (Å²) in [7, 11) is 0. The van der Waals surface area contributed by atoms with Crippen molar-refractivity contribution in [2.45, 2.75) is 13.0 Å². The summed E-state index contributed by atoms with van der Waals surface area (Å²) in [5.41, 5.74) is 9.92. The molecule has 5 nitrogen and oxygen atoms in total. The Morgan fingerprint density at radius 2 is 2.50 bits per heavy atom. The van der Waals surface area contributed by atoms with E-state index >= 15 is 0 Å². The second-order valence-electron chi connectivity index (χ2n) is 2.69. The lowest BCUT2D eigenvalue weighted by molar-refractivity contribution is 0.629. The molecule has 0 radical (unpaired) electrons. The number of nitrogens with zero attached hydrogens (tertiary/aromatic N) is 1. The van der Waals surface area contributed by atoms with Gasteiger partial charge in [-0.3, -0.25) is 10.9 Å². The molecule has 1 aromatic heterocycles. The van der Waals surface area contributed by atoms with E-state index in [1.54, 1.807) is 6.20 Å². The van der Waals surface area contributed by atoms with Crippen LogP contribution in [0, 0.1) is 0 Å². The van der Waals surface area contributed by atoms with Crippen molar-refractivity contribution < 1.29 is 0 Å². The molecule has 1 aromatic rings. The zero-order chi connectivity index (χ0) is 9.14. The monoisotopic (exact) mass is 167 g/mol. The number of hydrogen-bond donors (Lipinski definition) is 4. The molecule has 6 N–H and O–H groups in total. The van der Waals surface area contributed by atoms with Crippen molar-refractivity contribution in [1.82, 2.24) is 15.6 Å². The van der Waals surface area contributed by atoms with Crippen molar-refractivity contribution in [1.29, 1.82) is 0 Å². The molecular weight excluding hydrogens is 154 g/mol. The first-order valence-electron chi connectivity index (χ1n) is 3.57. The maximum absolute atomic E-state index is 5.60. The average Bonchev–Trinajstić information content (AvgIpc) is 2.38. The summed E-state index contributed by atoms with van der Waals surface area (Å²) < 4.78 is 0. The lowest BCUT2D eigenvalue weighted by Crippen LogP contribution is -2.28. The minimum atomic E-state index is -0.135. The van der Waals surface area contributed by atoms with Crippen molar-refractivity contribution in [3.8, 4) is 0 Å². The predicted octanol–water partition coefficient (Wildman–Crippen LogP) is 0.0724. The van der Waals surface area contributed by atoms with E-state index in [0.29, 0.717) is 5.82 Å². The number of H-pyrrole nitrogens is 1. The fourth-order valence-electron chi connectivity index (χ4n) is 1.03. The topological polar surface area (TPSA) is 92.7 Å². The lowest BCUT2D eigenvalue weighted by Gasteiger charge is -2.14. The van der Waals surface area contributed by atoms with E-state index in [9.17, 15) is 0 Å². The standard InChI is InChI=1S/C7H13N5/c1-4(2)6(11-9)5-3-10-12-7(5)8/h3,6,11H,1,9H2,2H3,(H3,8,10,12). The van der Waals surface area contributed by atoms with Gasteiger partial charge in [-0.15, -0.1) is 0 Å². The highest BCUT2D eigenvalue weighted by molar-refractivity contribution is 5.42. The molecule has 0 amide bonds. The summed E-state index contributed by atoms with van der Waals surface area (Å²) in [6.07, 6.45) is 1.63. The first kappa shape index (κ1) is 8.76. The summed E-state index contributed by atoms with van der Waals surface area (Å²) in [6.45, 7) is 5.66. The summed E-state index contributed by atoms with van der Waals surface area (Å²) >= 11 is 0. The summed E-state index contributed by atoms with van der Waals surface area (Å²) in [5, 5.41) is 6.42. The Morgan fingerprint density at radius 3 is 2.83 bits per heavy atom. The Labute approximate surface area is 70.8 Å². The van der Waals surface area contributed by atoms with Crippen LogP contribution in [0.15, 0.2) is 18.3 Å². The first-order valence-corrected chi connectivity index (χ1v) is 3.57. The minimum absolute atomic E-state index is 0.135. The van der Waals surface area contributed by atoms with Crippen LogP contribution in [0.1, 0.15) is 18.5 Å². The van der Waals surface area contributed by atoms with Gasteiger partial charge in [-0.1, -0.05) is 12.2 Å². The van der Waals surface area contributed by atoms with Crippen LogP contribution in [0.3, 0.4) is 0 Å². The molecule has 1 unspecified atom stereocenters.